The maximum atomic E-state index is 11.7. The Bertz CT molecular complexity index is 509. The number of para-hydroxylation sites is 1. The largest absolute Gasteiger partial charge is 0.469 e. The zero-order valence-electron chi connectivity index (χ0n) is 11.7. The minimum Gasteiger partial charge on any atom is -0.469 e. The van der Waals surface area contributed by atoms with Crippen molar-refractivity contribution >= 4 is 11.6 Å². The monoisotopic (exact) mass is 272 g/mol. The van der Waals surface area contributed by atoms with Crippen molar-refractivity contribution < 1.29 is 9.21 Å². The van der Waals surface area contributed by atoms with Gasteiger partial charge in [0.1, 0.15) is 5.76 Å². The molecule has 0 spiro atoms. The molecule has 0 saturated carbocycles. The molecule has 1 N–H and O–H groups in total. The molecule has 1 aromatic carbocycles. The number of carbonyl (C=O) groups excluding carboxylic acids is 1. The number of furan rings is 1. The van der Waals surface area contributed by atoms with Crippen LogP contribution in [0.1, 0.15) is 12.2 Å². The number of aryl methyl sites for hydroxylation is 1. The molecule has 0 bridgehead atoms. The predicted octanol–water partition coefficient (Wildman–Crippen LogP) is 2.46. The quantitative estimate of drug-likeness (QED) is 0.842. The highest BCUT2D eigenvalue weighted by Crippen LogP contribution is 2.09. The molecule has 1 amide bonds. The van der Waals surface area contributed by atoms with Crippen molar-refractivity contribution in [2.24, 2.45) is 0 Å². The SMILES string of the molecule is CN(CCNC(=O)CCc1ccco1)c1ccccc1. The van der Waals surface area contributed by atoms with E-state index < -0.39 is 0 Å². The van der Waals surface area contributed by atoms with Gasteiger partial charge in [0.2, 0.25) is 5.91 Å². The number of hydrogen-bond acceptors (Lipinski definition) is 3. The van der Waals surface area contributed by atoms with Crippen LogP contribution in [0.2, 0.25) is 0 Å². The van der Waals surface area contributed by atoms with Gasteiger partial charge >= 0.3 is 0 Å². The van der Waals surface area contributed by atoms with E-state index in [9.17, 15) is 4.79 Å². The van der Waals surface area contributed by atoms with Gasteiger partial charge in [0, 0.05) is 38.7 Å². The standard InChI is InChI=1S/C16H20N2O2/c1-18(14-6-3-2-4-7-14)12-11-17-16(19)10-9-15-8-5-13-20-15/h2-8,13H,9-12H2,1H3,(H,17,19). The van der Waals surface area contributed by atoms with Crippen LogP contribution in [-0.4, -0.2) is 26.0 Å². The zero-order chi connectivity index (χ0) is 14.2. The Hall–Kier alpha value is -2.23. The summed E-state index contributed by atoms with van der Waals surface area (Å²) < 4.78 is 5.20. The van der Waals surface area contributed by atoms with Crippen LogP contribution in [0.3, 0.4) is 0 Å². The smallest absolute Gasteiger partial charge is 0.220 e. The van der Waals surface area contributed by atoms with Crippen molar-refractivity contribution in [3.63, 3.8) is 0 Å². The third-order valence-electron chi connectivity index (χ3n) is 3.14. The van der Waals surface area contributed by atoms with Crippen LogP contribution in [0.5, 0.6) is 0 Å². The fraction of sp³-hybridized carbons (Fsp3) is 0.312. The lowest BCUT2D eigenvalue weighted by Gasteiger charge is -2.19. The maximum absolute atomic E-state index is 11.7. The van der Waals surface area contributed by atoms with Gasteiger partial charge in [0.25, 0.3) is 0 Å². The number of nitrogens with zero attached hydrogens (tertiary/aromatic N) is 1. The lowest BCUT2D eigenvalue weighted by Crippen LogP contribution is -2.33. The number of benzene rings is 1. The number of likely N-dealkylation sites (N-methyl/N-ethyl adjacent to an activating group) is 1. The topological polar surface area (TPSA) is 45.5 Å². The van der Waals surface area contributed by atoms with Crippen LogP contribution in [0, 0.1) is 0 Å². The average Bonchev–Trinajstić information content (AvgIpc) is 2.99. The van der Waals surface area contributed by atoms with Crippen LogP contribution in [0.25, 0.3) is 0 Å². The van der Waals surface area contributed by atoms with Gasteiger partial charge in [-0.05, 0) is 24.3 Å². The van der Waals surface area contributed by atoms with E-state index in [1.807, 2.05) is 37.4 Å². The molecular weight excluding hydrogens is 252 g/mol. The summed E-state index contributed by atoms with van der Waals surface area (Å²) in [5.41, 5.74) is 1.15. The summed E-state index contributed by atoms with van der Waals surface area (Å²) in [5.74, 6) is 0.907. The van der Waals surface area contributed by atoms with Crippen LogP contribution < -0.4 is 10.2 Å². The van der Waals surface area contributed by atoms with Gasteiger partial charge in [0.05, 0.1) is 6.26 Å². The molecule has 0 saturated heterocycles. The molecule has 106 valence electrons. The minimum absolute atomic E-state index is 0.0582. The summed E-state index contributed by atoms with van der Waals surface area (Å²) in [6.07, 6.45) is 2.73. The van der Waals surface area contributed by atoms with Gasteiger partial charge in [0.15, 0.2) is 0 Å². The van der Waals surface area contributed by atoms with Crippen LogP contribution >= 0.6 is 0 Å². The second-order valence-electron chi connectivity index (χ2n) is 4.69. The fourth-order valence-corrected chi connectivity index (χ4v) is 1.95. The number of nitrogens with one attached hydrogen (secondary N) is 1. The Morgan fingerprint density at radius 2 is 2.00 bits per heavy atom. The molecule has 4 heteroatoms. The molecule has 2 aromatic rings. The highest BCUT2D eigenvalue weighted by Gasteiger charge is 2.04. The lowest BCUT2D eigenvalue weighted by molar-refractivity contribution is -0.121. The summed E-state index contributed by atoms with van der Waals surface area (Å²) in [6.45, 7) is 1.43. The van der Waals surface area contributed by atoms with E-state index in [0.29, 0.717) is 19.4 Å². The van der Waals surface area contributed by atoms with Gasteiger partial charge in [-0.25, -0.2) is 0 Å². The first kappa shape index (κ1) is 14.2. The number of hydrogen-bond donors (Lipinski definition) is 1. The predicted molar refractivity (Wildman–Crippen MR) is 79.8 cm³/mol. The van der Waals surface area contributed by atoms with Crippen LogP contribution in [-0.2, 0) is 11.2 Å². The molecule has 0 aliphatic rings. The Morgan fingerprint density at radius 3 is 2.70 bits per heavy atom. The summed E-state index contributed by atoms with van der Waals surface area (Å²) in [4.78, 5) is 13.8. The first-order valence-corrected chi connectivity index (χ1v) is 6.81. The highest BCUT2D eigenvalue weighted by molar-refractivity contribution is 5.76. The number of amides is 1. The van der Waals surface area contributed by atoms with Gasteiger partial charge in [-0.2, -0.15) is 0 Å². The van der Waals surface area contributed by atoms with E-state index >= 15 is 0 Å². The van der Waals surface area contributed by atoms with E-state index in [2.05, 4.69) is 22.3 Å². The van der Waals surface area contributed by atoms with Crippen molar-refractivity contribution in [3.05, 3.63) is 54.5 Å². The summed E-state index contributed by atoms with van der Waals surface area (Å²) >= 11 is 0. The molecule has 0 fully saturated rings. The normalized spacial score (nSPS) is 10.2. The molecule has 0 atom stereocenters. The number of anilines is 1. The molecule has 20 heavy (non-hydrogen) atoms. The van der Waals surface area contributed by atoms with E-state index in [1.165, 1.54) is 0 Å². The molecule has 2 rings (SSSR count). The summed E-state index contributed by atoms with van der Waals surface area (Å²) in [5, 5.41) is 2.92. The summed E-state index contributed by atoms with van der Waals surface area (Å²) in [7, 11) is 2.02. The Balaban J connectivity index is 1.64. The Kier molecular flexibility index (Phi) is 5.24. The Labute approximate surface area is 119 Å². The molecule has 0 aliphatic heterocycles. The second kappa shape index (κ2) is 7.38. The van der Waals surface area contributed by atoms with Crippen molar-refractivity contribution in [2.45, 2.75) is 12.8 Å². The van der Waals surface area contributed by atoms with Gasteiger partial charge < -0.3 is 14.6 Å². The molecule has 1 heterocycles. The van der Waals surface area contributed by atoms with Crippen LogP contribution in [0.15, 0.2) is 53.1 Å². The average molecular weight is 272 g/mol. The Morgan fingerprint density at radius 1 is 1.20 bits per heavy atom. The van der Waals surface area contributed by atoms with Gasteiger partial charge in [-0.3, -0.25) is 4.79 Å². The van der Waals surface area contributed by atoms with Crippen molar-refractivity contribution in [1.82, 2.24) is 5.32 Å². The third kappa shape index (κ3) is 4.46. The maximum Gasteiger partial charge on any atom is 0.220 e. The molecule has 4 nitrogen and oxygen atoms in total. The molecule has 1 aromatic heterocycles. The van der Waals surface area contributed by atoms with E-state index in [0.717, 1.165) is 18.0 Å². The number of carbonyl (C=O) groups is 1. The van der Waals surface area contributed by atoms with E-state index in [1.54, 1.807) is 6.26 Å². The van der Waals surface area contributed by atoms with E-state index in [4.69, 9.17) is 4.42 Å². The molecule has 0 unspecified atom stereocenters. The lowest BCUT2D eigenvalue weighted by atomic mass is 10.2. The van der Waals surface area contributed by atoms with Gasteiger partial charge in [-0.15, -0.1) is 0 Å². The number of rotatable bonds is 7. The molecule has 0 radical (unpaired) electrons. The molecular formula is C16H20N2O2. The molecule has 0 aliphatic carbocycles. The highest BCUT2D eigenvalue weighted by atomic mass is 16.3. The fourth-order valence-electron chi connectivity index (χ4n) is 1.95. The minimum atomic E-state index is 0.0582. The first-order valence-electron chi connectivity index (χ1n) is 6.81. The second-order valence-corrected chi connectivity index (χ2v) is 4.69. The van der Waals surface area contributed by atoms with Crippen molar-refractivity contribution in [2.75, 3.05) is 25.0 Å². The summed E-state index contributed by atoms with van der Waals surface area (Å²) in [6, 6.07) is 13.8. The van der Waals surface area contributed by atoms with Crippen molar-refractivity contribution in [3.8, 4) is 0 Å². The van der Waals surface area contributed by atoms with Crippen molar-refractivity contribution in [1.29, 1.82) is 0 Å². The first-order chi connectivity index (χ1) is 9.75. The van der Waals surface area contributed by atoms with Gasteiger partial charge in [-0.1, -0.05) is 18.2 Å². The van der Waals surface area contributed by atoms with Crippen LogP contribution in [0.4, 0.5) is 5.69 Å². The zero-order valence-corrected chi connectivity index (χ0v) is 11.7. The third-order valence-corrected chi connectivity index (χ3v) is 3.14. The van der Waals surface area contributed by atoms with E-state index in [-0.39, 0.29) is 5.91 Å².